The Morgan fingerprint density at radius 3 is 2.62 bits per heavy atom. The SMILES string of the molecule is O=C(NCCc1cnn(-c2ccccc2)c1)c1cccc(N2CCCS2(=O)=O)c1. The summed E-state index contributed by atoms with van der Waals surface area (Å²) in [6.45, 7) is 0.921. The number of carbonyl (C=O) groups is 1. The highest BCUT2D eigenvalue weighted by Crippen LogP contribution is 2.24. The van der Waals surface area contributed by atoms with Gasteiger partial charge in [0, 0.05) is 24.8 Å². The van der Waals surface area contributed by atoms with Gasteiger partial charge in [-0.1, -0.05) is 24.3 Å². The first-order valence-corrected chi connectivity index (χ1v) is 11.1. The number of nitrogens with zero attached hydrogens (tertiary/aromatic N) is 3. The van der Waals surface area contributed by atoms with Crippen LogP contribution < -0.4 is 9.62 Å². The van der Waals surface area contributed by atoms with Gasteiger partial charge in [0.2, 0.25) is 10.0 Å². The molecule has 0 saturated carbocycles. The van der Waals surface area contributed by atoms with Crippen molar-refractivity contribution in [2.24, 2.45) is 0 Å². The van der Waals surface area contributed by atoms with Crippen LogP contribution in [0.1, 0.15) is 22.3 Å². The Balaban J connectivity index is 1.36. The third-order valence-electron chi connectivity index (χ3n) is 4.85. The van der Waals surface area contributed by atoms with Crippen molar-refractivity contribution in [3.05, 3.63) is 78.1 Å². The molecule has 4 rings (SSSR count). The third kappa shape index (κ3) is 4.32. The normalized spacial score (nSPS) is 15.4. The number of anilines is 1. The first kappa shape index (κ1) is 19.2. The largest absolute Gasteiger partial charge is 0.352 e. The molecule has 0 radical (unpaired) electrons. The molecule has 29 heavy (non-hydrogen) atoms. The van der Waals surface area contributed by atoms with Gasteiger partial charge >= 0.3 is 0 Å². The smallest absolute Gasteiger partial charge is 0.251 e. The van der Waals surface area contributed by atoms with Crippen molar-refractivity contribution in [2.45, 2.75) is 12.8 Å². The van der Waals surface area contributed by atoms with Gasteiger partial charge < -0.3 is 5.32 Å². The van der Waals surface area contributed by atoms with Crippen molar-refractivity contribution in [2.75, 3.05) is 23.1 Å². The van der Waals surface area contributed by atoms with Gasteiger partial charge in [-0.3, -0.25) is 9.10 Å². The Hall–Kier alpha value is -3.13. The number of rotatable bonds is 6. The summed E-state index contributed by atoms with van der Waals surface area (Å²) < 4.78 is 27.4. The maximum atomic E-state index is 12.5. The number of benzene rings is 2. The zero-order chi connectivity index (χ0) is 20.3. The van der Waals surface area contributed by atoms with Crippen LogP contribution in [0.4, 0.5) is 5.69 Å². The monoisotopic (exact) mass is 410 g/mol. The van der Waals surface area contributed by atoms with Gasteiger partial charge in [-0.25, -0.2) is 13.1 Å². The fraction of sp³-hybridized carbons (Fsp3) is 0.238. The van der Waals surface area contributed by atoms with Crippen LogP contribution in [-0.2, 0) is 16.4 Å². The molecule has 8 heteroatoms. The third-order valence-corrected chi connectivity index (χ3v) is 6.72. The van der Waals surface area contributed by atoms with Crippen molar-refractivity contribution in [1.82, 2.24) is 15.1 Å². The van der Waals surface area contributed by atoms with Crippen molar-refractivity contribution >= 4 is 21.6 Å². The van der Waals surface area contributed by atoms with Gasteiger partial charge in [0.1, 0.15) is 0 Å². The number of sulfonamides is 1. The van der Waals surface area contributed by atoms with Gasteiger partial charge in [-0.05, 0) is 48.7 Å². The van der Waals surface area contributed by atoms with Crippen LogP contribution in [0.3, 0.4) is 0 Å². The summed E-state index contributed by atoms with van der Waals surface area (Å²) in [5, 5.41) is 7.24. The maximum Gasteiger partial charge on any atom is 0.251 e. The molecule has 0 atom stereocenters. The molecule has 2 aromatic carbocycles. The lowest BCUT2D eigenvalue weighted by Gasteiger charge is -2.17. The Morgan fingerprint density at radius 1 is 1.07 bits per heavy atom. The van der Waals surface area contributed by atoms with Gasteiger partial charge in [0.05, 0.1) is 23.3 Å². The van der Waals surface area contributed by atoms with Gasteiger partial charge in [0.25, 0.3) is 5.91 Å². The lowest BCUT2D eigenvalue weighted by atomic mass is 10.1. The first-order valence-electron chi connectivity index (χ1n) is 9.51. The number of hydrogen-bond donors (Lipinski definition) is 1. The maximum absolute atomic E-state index is 12.5. The van der Waals surface area contributed by atoms with Crippen molar-refractivity contribution in [3.63, 3.8) is 0 Å². The predicted octanol–water partition coefficient (Wildman–Crippen LogP) is 2.38. The van der Waals surface area contributed by atoms with E-state index >= 15 is 0 Å². The summed E-state index contributed by atoms with van der Waals surface area (Å²) in [7, 11) is -3.26. The molecule has 0 spiro atoms. The number of aromatic nitrogens is 2. The summed E-state index contributed by atoms with van der Waals surface area (Å²) >= 11 is 0. The quantitative estimate of drug-likeness (QED) is 0.676. The molecular formula is C21H22N4O3S. The van der Waals surface area contributed by atoms with Crippen molar-refractivity contribution in [3.8, 4) is 5.69 Å². The van der Waals surface area contributed by atoms with E-state index in [2.05, 4.69) is 10.4 Å². The fourth-order valence-electron chi connectivity index (χ4n) is 3.37. The van der Waals surface area contributed by atoms with Crippen LogP contribution in [-0.4, -0.2) is 42.9 Å². The first-order chi connectivity index (χ1) is 14.0. The summed E-state index contributed by atoms with van der Waals surface area (Å²) in [6.07, 6.45) is 4.99. The molecule has 150 valence electrons. The summed E-state index contributed by atoms with van der Waals surface area (Å²) in [6, 6.07) is 16.6. The minimum atomic E-state index is -3.26. The molecule has 0 aliphatic carbocycles. The zero-order valence-electron chi connectivity index (χ0n) is 15.9. The number of hydrogen-bond acceptors (Lipinski definition) is 4. The summed E-state index contributed by atoms with van der Waals surface area (Å²) in [5.74, 6) is -0.0704. The summed E-state index contributed by atoms with van der Waals surface area (Å²) in [5.41, 5.74) is 2.99. The fourth-order valence-corrected chi connectivity index (χ4v) is 4.92. The molecule has 2 heterocycles. The van der Waals surface area contributed by atoms with E-state index in [4.69, 9.17) is 0 Å². The molecule has 1 saturated heterocycles. The molecule has 3 aromatic rings. The lowest BCUT2D eigenvalue weighted by molar-refractivity contribution is 0.0954. The number of nitrogens with one attached hydrogen (secondary N) is 1. The average Bonchev–Trinajstić information content (AvgIpc) is 3.34. The second-order valence-electron chi connectivity index (χ2n) is 6.93. The Labute approximate surface area is 170 Å². The van der Waals surface area contributed by atoms with E-state index in [1.807, 2.05) is 36.5 Å². The van der Waals surface area contributed by atoms with E-state index < -0.39 is 10.0 Å². The van der Waals surface area contributed by atoms with E-state index in [0.29, 0.717) is 37.2 Å². The van der Waals surface area contributed by atoms with Gasteiger partial charge in [-0.15, -0.1) is 0 Å². The molecule has 1 aliphatic heterocycles. The van der Waals surface area contributed by atoms with Crippen molar-refractivity contribution < 1.29 is 13.2 Å². The van der Waals surface area contributed by atoms with E-state index in [0.717, 1.165) is 11.3 Å². The predicted molar refractivity (Wildman–Crippen MR) is 112 cm³/mol. The Bertz CT molecular complexity index is 1110. The second kappa shape index (κ2) is 8.08. The van der Waals surface area contributed by atoms with Crippen molar-refractivity contribution in [1.29, 1.82) is 0 Å². The second-order valence-corrected chi connectivity index (χ2v) is 8.94. The van der Waals surface area contributed by atoms with Crippen LogP contribution in [0.5, 0.6) is 0 Å². The lowest BCUT2D eigenvalue weighted by Crippen LogP contribution is -2.27. The van der Waals surface area contributed by atoms with Crippen LogP contribution >= 0.6 is 0 Å². The van der Waals surface area contributed by atoms with Crippen LogP contribution in [0, 0.1) is 0 Å². The van der Waals surface area contributed by atoms with E-state index in [1.165, 1.54) is 4.31 Å². The number of carbonyl (C=O) groups excluding carboxylic acids is 1. The highest BCUT2D eigenvalue weighted by Gasteiger charge is 2.28. The molecule has 1 aliphatic rings. The molecule has 1 amide bonds. The summed E-state index contributed by atoms with van der Waals surface area (Å²) in [4.78, 5) is 12.5. The average molecular weight is 410 g/mol. The van der Waals surface area contributed by atoms with Crippen LogP contribution in [0.25, 0.3) is 5.69 Å². The standard InChI is InChI=1S/C21H22N4O3S/c26-21(18-6-4-9-20(14-18)25-12-5-13-29(25,27)28)22-11-10-17-15-23-24(16-17)19-7-2-1-3-8-19/h1-4,6-9,14-16H,5,10-13H2,(H,22,26). The molecule has 1 fully saturated rings. The molecule has 0 unspecified atom stereocenters. The van der Waals surface area contributed by atoms with E-state index in [-0.39, 0.29) is 11.7 Å². The molecular weight excluding hydrogens is 388 g/mol. The van der Waals surface area contributed by atoms with Gasteiger partial charge in [-0.2, -0.15) is 5.10 Å². The Kier molecular flexibility index (Phi) is 5.35. The molecule has 1 N–H and O–H groups in total. The minimum absolute atomic E-state index is 0.153. The highest BCUT2D eigenvalue weighted by atomic mass is 32.2. The molecule has 7 nitrogen and oxygen atoms in total. The highest BCUT2D eigenvalue weighted by molar-refractivity contribution is 7.93. The van der Waals surface area contributed by atoms with E-state index in [1.54, 1.807) is 35.1 Å². The minimum Gasteiger partial charge on any atom is -0.352 e. The topological polar surface area (TPSA) is 84.3 Å². The van der Waals surface area contributed by atoms with Crippen LogP contribution in [0.2, 0.25) is 0 Å². The molecule has 1 aromatic heterocycles. The zero-order valence-corrected chi connectivity index (χ0v) is 16.7. The van der Waals surface area contributed by atoms with Crippen LogP contribution in [0.15, 0.2) is 67.0 Å². The molecule has 0 bridgehead atoms. The number of para-hydroxylation sites is 1. The number of amides is 1. The van der Waals surface area contributed by atoms with Gasteiger partial charge in [0.15, 0.2) is 0 Å². The van der Waals surface area contributed by atoms with E-state index in [9.17, 15) is 13.2 Å². The Morgan fingerprint density at radius 2 is 1.86 bits per heavy atom.